The van der Waals surface area contributed by atoms with E-state index in [-0.39, 0.29) is 23.2 Å². The van der Waals surface area contributed by atoms with Crippen LogP contribution in [0, 0.1) is 11.3 Å². The number of anilines is 1. The van der Waals surface area contributed by atoms with Crippen molar-refractivity contribution in [2.75, 3.05) is 19.8 Å². The lowest BCUT2D eigenvalue weighted by atomic mass is 10.0. The molecular formula is C27H26N10O. The molecule has 0 saturated heterocycles. The van der Waals surface area contributed by atoms with Crippen LogP contribution in [0.5, 0.6) is 0 Å². The first kappa shape index (κ1) is 24.6. The Labute approximate surface area is 219 Å². The number of nitrogen functional groups attached to an aromatic ring is 1. The summed E-state index contributed by atoms with van der Waals surface area (Å²) in [4.78, 5) is 31.3. The number of nitrogens with zero attached hydrogens (tertiary/aromatic N) is 9. The van der Waals surface area contributed by atoms with E-state index < -0.39 is 0 Å². The predicted molar refractivity (Wildman–Crippen MR) is 143 cm³/mol. The van der Waals surface area contributed by atoms with Gasteiger partial charge < -0.3 is 15.2 Å². The minimum atomic E-state index is -0.357. The lowest BCUT2D eigenvalue weighted by Gasteiger charge is -2.25. The number of aromatic nitrogens is 7. The van der Waals surface area contributed by atoms with Crippen molar-refractivity contribution in [3.63, 3.8) is 0 Å². The topological polar surface area (TPSA) is 144 Å². The summed E-state index contributed by atoms with van der Waals surface area (Å²) in [6.45, 7) is 6.28. The molecule has 3 aromatic heterocycles. The van der Waals surface area contributed by atoms with Gasteiger partial charge in [-0.05, 0) is 56.7 Å². The van der Waals surface area contributed by atoms with Crippen LogP contribution in [-0.2, 0) is 5.54 Å². The highest BCUT2D eigenvalue weighted by Crippen LogP contribution is 2.36. The van der Waals surface area contributed by atoms with Crippen molar-refractivity contribution < 1.29 is 4.79 Å². The molecule has 190 valence electrons. The van der Waals surface area contributed by atoms with E-state index in [0.717, 1.165) is 22.2 Å². The van der Waals surface area contributed by atoms with Crippen molar-refractivity contribution in [1.29, 1.82) is 5.26 Å². The van der Waals surface area contributed by atoms with Gasteiger partial charge in [-0.25, -0.2) is 24.6 Å². The van der Waals surface area contributed by atoms with Gasteiger partial charge in [0, 0.05) is 43.2 Å². The zero-order valence-corrected chi connectivity index (χ0v) is 21.7. The number of benzene rings is 2. The average molecular weight is 507 g/mol. The van der Waals surface area contributed by atoms with E-state index in [1.807, 2.05) is 18.2 Å². The number of nitriles is 1. The molecule has 0 atom stereocenters. The second-order valence-electron chi connectivity index (χ2n) is 10.0. The third kappa shape index (κ3) is 4.32. The van der Waals surface area contributed by atoms with Crippen LogP contribution in [0.25, 0.3) is 39.2 Å². The van der Waals surface area contributed by atoms with E-state index in [1.165, 1.54) is 15.9 Å². The molecule has 0 aliphatic rings. The molecule has 2 N–H and O–H groups in total. The summed E-state index contributed by atoms with van der Waals surface area (Å²) in [6.07, 6.45) is 4.85. The van der Waals surface area contributed by atoms with E-state index in [2.05, 4.69) is 51.5 Å². The first-order chi connectivity index (χ1) is 18.1. The van der Waals surface area contributed by atoms with E-state index in [0.29, 0.717) is 22.6 Å². The zero-order valence-electron chi connectivity index (χ0n) is 21.7. The number of hydrogen-bond donors (Lipinski definition) is 1. The SMILES string of the molecule is CN(C)C(=O)c1ncn(-c2ccc(C#N)cc2-c2nc3cc(-c4cnc(N)nc4)ccc3n2C(C)(C)C)n1. The summed E-state index contributed by atoms with van der Waals surface area (Å²) in [5.41, 5.74) is 10.5. The highest BCUT2D eigenvalue weighted by Gasteiger charge is 2.26. The molecule has 0 radical (unpaired) electrons. The molecule has 0 fully saturated rings. The highest BCUT2D eigenvalue weighted by molar-refractivity contribution is 5.90. The number of carbonyl (C=O) groups excluding carboxylic acids is 1. The summed E-state index contributed by atoms with van der Waals surface area (Å²) in [6, 6.07) is 13.5. The quantitative estimate of drug-likeness (QED) is 0.389. The Morgan fingerprint density at radius 3 is 2.42 bits per heavy atom. The van der Waals surface area contributed by atoms with Gasteiger partial charge >= 0.3 is 0 Å². The van der Waals surface area contributed by atoms with Gasteiger partial charge in [-0.15, -0.1) is 5.10 Å². The maximum Gasteiger partial charge on any atom is 0.293 e. The Morgan fingerprint density at radius 2 is 1.76 bits per heavy atom. The fraction of sp³-hybridized carbons (Fsp3) is 0.222. The van der Waals surface area contributed by atoms with Crippen molar-refractivity contribution in [3.8, 4) is 34.3 Å². The molecular weight excluding hydrogens is 480 g/mol. The van der Waals surface area contributed by atoms with Crippen LogP contribution in [0.3, 0.4) is 0 Å². The number of fused-ring (bicyclic) bond motifs is 1. The second-order valence-corrected chi connectivity index (χ2v) is 10.0. The van der Waals surface area contributed by atoms with Crippen molar-refractivity contribution in [1.82, 2.24) is 39.2 Å². The smallest absolute Gasteiger partial charge is 0.293 e. The summed E-state index contributed by atoms with van der Waals surface area (Å²) in [5, 5.41) is 14.1. The molecule has 3 heterocycles. The van der Waals surface area contributed by atoms with Crippen LogP contribution in [0.15, 0.2) is 55.1 Å². The fourth-order valence-corrected chi connectivity index (χ4v) is 4.27. The minimum Gasteiger partial charge on any atom is -0.368 e. The average Bonchev–Trinajstić information content (AvgIpc) is 3.53. The Bertz CT molecular complexity index is 1720. The Morgan fingerprint density at radius 1 is 1.03 bits per heavy atom. The van der Waals surface area contributed by atoms with Crippen molar-refractivity contribution in [2.24, 2.45) is 0 Å². The molecule has 38 heavy (non-hydrogen) atoms. The van der Waals surface area contributed by atoms with Crippen LogP contribution in [0.1, 0.15) is 37.0 Å². The summed E-state index contributed by atoms with van der Waals surface area (Å²) in [5.74, 6) is 0.633. The van der Waals surface area contributed by atoms with Crippen LogP contribution in [-0.4, -0.2) is 59.2 Å². The van der Waals surface area contributed by atoms with Gasteiger partial charge in [0.25, 0.3) is 5.91 Å². The predicted octanol–water partition coefficient (Wildman–Crippen LogP) is 3.65. The Balaban J connectivity index is 1.74. The number of rotatable bonds is 4. The standard InChI is InChI=1S/C27H26N10O/c1-27(2,3)37-22-9-7-17(18-13-30-26(29)31-14-18)11-20(22)33-24(37)19-10-16(12-28)6-8-21(19)36-15-32-23(34-36)25(38)35(4)5/h6-11,13-15H,1-5H3,(H2,29,30,31). The number of imidazole rings is 1. The minimum absolute atomic E-state index is 0.0741. The Kier molecular flexibility index (Phi) is 5.87. The van der Waals surface area contributed by atoms with Gasteiger partial charge in [0.15, 0.2) is 0 Å². The molecule has 5 aromatic rings. The number of hydrogen-bond acceptors (Lipinski definition) is 8. The second kappa shape index (κ2) is 9.08. The maximum absolute atomic E-state index is 12.4. The summed E-state index contributed by atoms with van der Waals surface area (Å²) in [7, 11) is 3.29. The largest absolute Gasteiger partial charge is 0.368 e. The molecule has 0 aliphatic carbocycles. The zero-order chi connectivity index (χ0) is 27.2. The van der Waals surface area contributed by atoms with Gasteiger partial charge in [-0.1, -0.05) is 6.07 Å². The van der Waals surface area contributed by atoms with E-state index >= 15 is 0 Å². The van der Waals surface area contributed by atoms with Crippen molar-refractivity contribution >= 4 is 22.9 Å². The van der Waals surface area contributed by atoms with Gasteiger partial charge in [-0.3, -0.25) is 4.79 Å². The third-order valence-corrected chi connectivity index (χ3v) is 6.03. The normalized spacial score (nSPS) is 11.5. The van der Waals surface area contributed by atoms with Gasteiger partial charge in [0.2, 0.25) is 11.8 Å². The highest BCUT2D eigenvalue weighted by atomic mass is 16.2. The van der Waals surface area contributed by atoms with Gasteiger partial charge in [0.1, 0.15) is 12.2 Å². The summed E-state index contributed by atoms with van der Waals surface area (Å²) >= 11 is 0. The number of amides is 1. The van der Waals surface area contributed by atoms with E-state index in [4.69, 9.17) is 10.7 Å². The van der Waals surface area contributed by atoms with Gasteiger partial charge in [-0.2, -0.15) is 5.26 Å². The van der Waals surface area contributed by atoms with Crippen LogP contribution in [0.2, 0.25) is 0 Å². The Hall–Kier alpha value is -5.11. The molecule has 11 heteroatoms. The molecule has 0 bridgehead atoms. The lowest BCUT2D eigenvalue weighted by Crippen LogP contribution is -2.23. The first-order valence-corrected chi connectivity index (χ1v) is 11.9. The molecule has 1 amide bonds. The molecule has 0 saturated carbocycles. The fourth-order valence-electron chi connectivity index (χ4n) is 4.27. The van der Waals surface area contributed by atoms with Crippen molar-refractivity contribution in [2.45, 2.75) is 26.3 Å². The van der Waals surface area contributed by atoms with Crippen LogP contribution >= 0.6 is 0 Å². The van der Waals surface area contributed by atoms with Crippen LogP contribution < -0.4 is 5.73 Å². The summed E-state index contributed by atoms with van der Waals surface area (Å²) < 4.78 is 3.67. The maximum atomic E-state index is 12.4. The van der Waals surface area contributed by atoms with E-state index in [1.54, 1.807) is 44.7 Å². The number of nitrogens with two attached hydrogens (primary N) is 1. The number of carbonyl (C=O) groups is 1. The van der Waals surface area contributed by atoms with Crippen LogP contribution in [0.4, 0.5) is 5.95 Å². The monoisotopic (exact) mass is 506 g/mol. The van der Waals surface area contributed by atoms with E-state index in [9.17, 15) is 10.1 Å². The molecule has 0 aliphatic heterocycles. The lowest BCUT2D eigenvalue weighted by molar-refractivity contribution is 0.0816. The molecule has 0 unspecified atom stereocenters. The third-order valence-electron chi connectivity index (χ3n) is 6.03. The molecule has 11 nitrogen and oxygen atoms in total. The van der Waals surface area contributed by atoms with Gasteiger partial charge in [0.05, 0.1) is 28.4 Å². The van der Waals surface area contributed by atoms with Crippen molar-refractivity contribution in [3.05, 3.63) is 66.5 Å². The molecule has 2 aromatic carbocycles. The molecule has 0 spiro atoms. The first-order valence-electron chi connectivity index (χ1n) is 11.9. The molecule has 5 rings (SSSR count).